The van der Waals surface area contributed by atoms with E-state index in [2.05, 4.69) is 20.9 Å². The number of Topliss-reactive ketones (excluding diaryl/α,β-unsaturated/α-hetero) is 1. The third-order valence-corrected chi connectivity index (χ3v) is 5.70. The number of carbonyl (C=O) groups excluding carboxylic acids is 1. The second-order valence-corrected chi connectivity index (χ2v) is 7.75. The summed E-state index contributed by atoms with van der Waals surface area (Å²) in [5.41, 5.74) is 1.01. The first-order valence-electron chi connectivity index (χ1n) is 8.56. The van der Waals surface area contributed by atoms with Gasteiger partial charge in [-0.1, -0.05) is 27.7 Å². The molecule has 0 spiro atoms. The molecule has 0 saturated heterocycles. The Morgan fingerprint density at radius 3 is 2.57 bits per heavy atom. The summed E-state index contributed by atoms with van der Waals surface area (Å²) in [7, 11) is 3.07. The lowest BCUT2D eigenvalue weighted by atomic mass is 10.1. The number of methoxy groups -OCH3 is 2. The van der Waals surface area contributed by atoms with Crippen LogP contribution in [-0.4, -0.2) is 35.3 Å². The smallest absolute Gasteiger partial charge is 0.262 e. The molecule has 0 amide bonds. The van der Waals surface area contributed by atoms with E-state index >= 15 is 0 Å². The normalized spacial score (nSPS) is 10.9. The molecule has 0 aliphatic rings. The van der Waals surface area contributed by atoms with E-state index in [-0.39, 0.29) is 17.1 Å². The molecule has 0 saturated carbocycles. The molecule has 0 radical (unpaired) electrons. The molecule has 3 rings (SSSR count). The predicted molar refractivity (Wildman–Crippen MR) is 114 cm³/mol. The van der Waals surface area contributed by atoms with Crippen molar-refractivity contribution in [1.82, 2.24) is 9.55 Å². The minimum Gasteiger partial charge on any atom is -0.493 e. The van der Waals surface area contributed by atoms with E-state index in [9.17, 15) is 9.59 Å². The highest BCUT2D eigenvalue weighted by atomic mass is 79.9. The first kappa shape index (κ1) is 20.4. The van der Waals surface area contributed by atoms with E-state index in [1.165, 1.54) is 18.9 Å². The molecule has 28 heavy (non-hydrogen) atoms. The number of halogens is 1. The Morgan fingerprint density at radius 1 is 1.14 bits per heavy atom. The van der Waals surface area contributed by atoms with Gasteiger partial charge in [-0.25, -0.2) is 4.98 Å². The van der Waals surface area contributed by atoms with Crippen molar-refractivity contribution in [2.45, 2.75) is 18.6 Å². The number of ether oxygens (including phenoxy) is 2. The second kappa shape index (κ2) is 8.79. The maximum Gasteiger partial charge on any atom is 0.262 e. The highest BCUT2D eigenvalue weighted by Gasteiger charge is 2.15. The van der Waals surface area contributed by atoms with Crippen molar-refractivity contribution < 1.29 is 14.3 Å². The van der Waals surface area contributed by atoms with Crippen LogP contribution in [0.4, 0.5) is 0 Å². The summed E-state index contributed by atoms with van der Waals surface area (Å²) >= 11 is 4.63. The first-order chi connectivity index (χ1) is 13.5. The Bertz CT molecular complexity index is 1100. The maximum absolute atomic E-state index is 12.8. The summed E-state index contributed by atoms with van der Waals surface area (Å²) in [5, 5.41) is 1.07. The van der Waals surface area contributed by atoms with Crippen LogP contribution in [0.3, 0.4) is 0 Å². The lowest BCUT2D eigenvalue weighted by Gasteiger charge is -2.12. The van der Waals surface area contributed by atoms with Crippen LogP contribution in [0, 0.1) is 0 Å². The minimum absolute atomic E-state index is 0.0845. The quantitative estimate of drug-likeness (QED) is 0.298. The van der Waals surface area contributed by atoms with Crippen molar-refractivity contribution in [3.8, 4) is 11.5 Å². The lowest BCUT2D eigenvalue weighted by molar-refractivity contribution is 0.102. The molecule has 0 N–H and O–H groups in total. The average Bonchev–Trinajstić information content (AvgIpc) is 2.72. The van der Waals surface area contributed by atoms with Crippen LogP contribution in [0.2, 0.25) is 0 Å². The van der Waals surface area contributed by atoms with Crippen LogP contribution in [0.25, 0.3) is 10.9 Å². The maximum atomic E-state index is 12.8. The van der Waals surface area contributed by atoms with Crippen molar-refractivity contribution in [2.24, 2.45) is 0 Å². The van der Waals surface area contributed by atoms with Crippen molar-refractivity contribution in [1.29, 1.82) is 0 Å². The van der Waals surface area contributed by atoms with Crippen molar-refractivity contribution in [3.05, 3.63) is 56.8 Å². The molecule has 0 fully saturated rings. The molecule has 6 nitrogen and oxygen atoms in total. The lowest BCUT2D eigenvalue weighted by Crippen LogP contribution is -2.23. The molecule has 1 aromatic heterocycles. The topological polar surface area (TPSA) is 70.4 Å². The predicted octanol–water partition coefficient (Wildman–Crippen LogP) is 4.17. The molecule has 0 aliphatic carbocycles. The van der Waals surface area contributed by atoms with Gasteiger partial charge in [-0.3, -0.25) is 14.2 Å². The Kier molecular flexibility index (Phi) is 6.41. The highest BCUT2D eigenvalue weighted by molar-refractivity contribution is 9.10. The fourth-order valence-corrected chi connectivity index (χ4v) is 4.10. The van der Waals surface area contributed by atoms with Crippen molar-refractivity contribution in [3.63, 3.8) is 0 Å². The fourth-order valence-electron chi connectivity index (χ4n) is 2.78. The zero-order valence-corrected chi connectivity index (χ0v) is 18.1. The molecule has 0 unspecified atom stereocenters. The van der Waals surface area contributed by atoms with Gasteiger partial charge in [0.15, 0.2) is 22.4 Å². The van der Waals surface area contributed by atoms with Gasteiger partial charge in [0.1, 0.15) is 0 Å². The summed E-state index contributed by atoms with van der Waals surface area (Å²) in [6.07, 6.45) is 0. The van der Waals surface area contributed by atoms with Gasteiger partial charge in [0, 0.05) is 16.6 Å². The Balaban J connectivity index is 1.88. The molecule has 0 aliphatic heterocycles. The average molecular weight is 463 g/mol. The van der Waals surface area contributed by atoms with E-state index in [0.29, 0.717) is 39.7 Å². The SMILES string of the molecule is CCn1c(SCC(=O)c2ccc(OC)c(OC)c2)nc2ccc(Br)cc2c1=O. The number of thioether (sulfide) groups is 1. The number of hydrogen-bond donors (Lipinski definition) is 0. The van der Waals surface area contributed by atoms with Crippen LogP contribution >= 0.6 is 27.7 Å². The van der Waals surface area contributed by atoms with Gasteiger partial charge in [-0.2, -0.15) is 0 Å². The van der Waals surface area contributed by atoms with Gasteiger partial charge in [0.05, 0.1) is 30.9 Å². The van der Waals surface area contributed by atoms with E-state index < -0.39 is 0 Å². The van der Waals surface area contributed by atoms with Crippen LogP contribution in [0.15, 0.2) is 50.8 Å². The molecule has 8 heteroatoms. The van der Waals surface area contributed by atoms with Crippen molar-refractivity contribution in [2.75, 3.05) is 20.0 Å². The van der Waals surface area contributed by atoms with Crippen LogP contribution in [0.1, 0.15) is 17.3 Å². The highest BCUT2D eigenvalue weighted by Crippen LogP contribution is 2.28. The zero-order chi connectivity index (χ0) is 20.3. The van der Waals surface area contributed by atoms with Gasteiger partial charge in [-0.15, -0.1) is 0 Å². The summed E-state index contributed by atoms with van der Waals surface area (Å²) in [5.74, 6) is 1.13. The summed E-state index contributed by atoms with van der Waals surface area (Å²) in [6, 6.07) is 10.4. The van der Waals surface area contributed by atoms with E-state index in [0.717, 1.165) is 4.47 Å². The number of fused-ring (bicyclic) bond motifs is 1. The largest absolute Gasteiger partial charge is 0.493 e. The number of nitrogens with zero attached hydrogens (tertiary/aromatic N) is 2. The molecule has 0 atom stereocenters. The second-order valence-electron chi connectivity index (χ2n) is 5.89. The summed E-state index contributed by atoms with van der Waals surface area (Å²) in [4.78, 5) is 30.0. The molecular weight excluding hydrogens is 444 g/mol. The van der Waals surface area contributed by atoms with Gasteiger partial charge < -0.3 is 9.47 Å². The Labute approximate surface area is 175 Å². The number of aromatic nitrogens is 2. The molecule has 146 valence electrons. The molecular formula is C20H19BrN2O4S. The molecule has 1 heterocycles. The van der Waals surface area contributed by atoms with Crippen LogP contribution < -0.4 is 15.0 Å². The monoisotopic (exact) mass is 462 g/mol. The van der Waals surface area contributed by atoms with Gasteiger partial charge >= 0.3 is 0 Å². The summed E-state index contributed by atoms with van der Waals surface area (Å²) < 4.78 is 12.9. The Hall–Kier alpha value is -2.32. The van der Waals surface area contributed by atoms with Crippen molar-refractivity contribution >= 4 is 44.4 Å². The zero-order valence-electron chi connectivity index (χ0n) is 15.7. The fraction of sp³-hybridized carbons (Fsp3) is 0.250. The van der Waals surface area contributed by atoms with Crippen LogP contribution in [-0.2, 0) is 6.54 Å². The van der Waals surface area contributed by atoms with Gasteiger partial charge in [0.2, 0.25) is 0 Å². The number of rotatable bonds is 7. The first-order valence-corrected chi connectivity index (χ1v) is 10.3. The van der Waals surface area contributed by atoms with Crippen LogP contribution in [0.5, 0.6) is 11.5 Å². The Morgan fingerprint density at radius 2 is 1.89 bits per heavy atom. The van der Waals surface area contributed by atoms with E-state index in [1.807, 2.05) is 13.0 Å². The number of carbonyl (C=O) groups is 1. The van der Waals surface area contributed by atoms with Gasteiger partial charge in [-0.05, 0) is 43.3 Å². The minimum atomic E-state index is -0.116. The van der Waals surface area contributed by atoms with E-state index in [1.54, 1.807) is 42.0 Å². The number of benzene rings is 2. The molecule has 2 aromatic carbocycles. The summed E-state index contributed by atoms with van der Waals surface area (Å²) in [6.45, 7) is 2.36. The number of ketones is 1. The standard InChI is InChI=1S/C20H19BrN2O4S/c1-4-23-19(25)14-10-13(21)6-7-15(14)22-20(23)28-11-16(24)12-5-8-17(26-2)18(9-12)27-3/h5-10H,4,11H2,1-3H3. The van der Waals surface area contributed by atoms with Gasteiger partial charge in [0.25, 0.3) is 5.56 Å². The third-order valence-electron chi connectivity index (χ3n) is 4.24. The molecule has 0 bridgehead atoms. The number of hydrogen-bond acceptors (Lipinski definition) is 6. The third kappa shape index (κ3) is 4.07. The van der Waals surface area contributed by atoms with E-state index in [4.69, 9.17) is 9.47 Å². The molecule has 3 aromatic rings.